The van der Waals surface area contributed by atoms with Gasteiger partial charge in [0.1, 0.15) is 0 Å². The lowest BCUT2D eigenvalue weighted by atomic mass is 10.1. The fourth-order valence-electron chi connectivity index (χ4n) is 2.05. The number of hydrogen-bond acceptors (Lipinski definition) is 4. The molecule has 0 aliphatic rings. The minimum atomic E-state index is -4.48. The molecule has 0 saturated carbocycles. The maximum absolute atomic E-state index is 12.5. The van der Waals surface area contributed by atoms with Crippen LogP contribution in [0, 0.1) is 0 Å². The van der Waals surface area contributed by atoms with E-state index in [4.69, 9.17) is 27.6 Å². The summed E-state index contributed by atoms with van der Waals surface area (Å²) in [7, 11) is 0. The number of nitrogens with zero attached hydrogens (tertiary/aromatic N) is 2. The minimum absolute atomic E-state index is 0.00329. The predicted molar refractivity (Wildman–Crippen MR) is 89.2 cm³/mol. The molecule has 26 heavy (non-hydrogen) atoms. The summed E-state index contributed by atoms with van der Waals surface area (Å²) < 4.78 is 42.9. The number of rotatable bonds is 3. The van der Waals surface area contributed by atoms with Crippen molar-refractivity contribution in [1.82, 2.24) is 10.2 Å². The number of hydrogen-bond donors (Lipinski definition) is 1. The first kappa shape index (κ1) is 18.2. The average Bonchev–Trinajstić information content (AvgIpc) is 3.02. The van der Waals surface area contributed by atoms with E-state index in [0.29, 0.717) is 15.6 Å². The van der Waals surface area contributed by atoms with E-state index in [2.05, 4.69) is 15.5 Å². The molecule has 0 aliphatic carbocycles. The van der Waals surface area contributed by atoms with Gasteiger partial charge < -0.3 is 4.42 Å². The molecule has 0 atom stereocenters. The maximum atomic E-state index is 12.5. The molecule has 0 unspecified atom stereocenters. The largest absolute Gasteiger partial charge is 0.416 e. The van der Waals surface area contributed by atoms with Crippen molar-refractivity contribution in [2.75, 3.05) is 5.32 Å². The Balaban J connectivity index is 1.75. The Morgan fingerprint density at radius 2 is 1.62 bits per heavy atom. The summed E-state index contributed by atoms with van der Waals surface area (Å²) in [5.74, 6) is -0.629. The number of carbonyl (C=O) groups is 1. The van der Waals surface area contributed by atoms with Crippen molar-refractivity contribution in [3.05, 3.63) is 63.6 Å². The predicted octanol–water partition coefficient (Wildman–Crippen LogP) is 5.31. The molecule has 0 fully saturated rings. The van der Waals surface area contributed by atoms with Gasteiger partial charge in [0.2, 0.25) is 5.89 Å². The molecule has 134 valence electrons. The van der Waals surface area contributed by atoms with Crippen LogP contribution in [0.3, 0.4) is 0 Å². The second kappa shape index (κ2) is 6.97. The molecule has 2 aromatic carbocycles. The lowest BCUT2D eigenvalue weighted by Crippen LogP contribution is -2.13. The van der Waals surface area contributed by atoms with Crippen LogP contribution >= 0.6 is 23.2 Å². The molecule has 1 heterocycles. The van der Waals surface area contributed by atoms with Gasteiger partial charge in [0.15, 0.2) is 0 Å². The highest BCUT2D eigenvalue weighted by atomic mass is 35.5. The van der Waals surface area contributed by atoms with Crippen molar-refractivity contribution in [3.63, 3.8) is 0 Å². The molecule has 3 aromatic rings. The van der Waals surface area contributed by atoms with E-state index in [0.717, 1.165) is 24.3 Å². The summed E-state index contributed by atoms with van der Waals surface area (Å²) >= 11 is 11.8. The molecule has 0 bridgehead atoms. The van der Waals surface area contributed by atoms with Crippen LogP contribution in [0.15, 0.2) is 46.9 Å². The van der Waals surface area contributed by atoms with E-state index >= 15 is 0 Å². The molecule has 1 aromatic heterocycles. The van der Waals surface area contributed by atoms with Crippen molar-refractivity contribution >= 4 is 35.1 Å². The fourth-order valence-corrected chi connectivity index (χ4v) is 2.57. The number of nitrogens with one attached hydrogen (secondary N) is 1. The summed E-state index contributed by atoms with van der Waals surface area (Å²) in [6.07, 6.45) is -4.48. The first-order chi connectivity index (χ1) is 12.2. The summed E-state index contributed by atoms with van der Waals surface area (Å²) in [4.78, 5) is 12.1. The van der Waals surface area contributed by atoms with Gasteiger partial charge in [-0.05, 0) is 42.5 Å². The molecule has 3 rings (SSSR count). The van der Waals surface area contributed by atoms with E-state index in [1.807, 2.05) is 0 Å². The van der Waals surface area contributed by atoms with Crippen LogP contribution in [0.5, 0.6) is 0 Å². The number of alkyl halides is 3. The zero-order chi connectivity index (χ0) is 18.9. The molecule has 0 saturated heterocycles. The SMILES string of the molecule is O=C(Nc1nnc(-c2cc(Cl)cc(Cl)c2)o1)c1ccc(C(F)(F)F)cc1. The molecular formula is C16H8Cl2F3N3O2. The third-order valence-corrected chi connectivity index (χ3v) is 3.67. The molecule has 0 aliphatic heterocycles. The minimum Gasteiger partial charge on any atom is -0.403 e. The van der Waals surface area contributed by atoms with Crippen LogP contribution in [0.1, 0.15) is 15.9 Å². The van der Waals surface area contributed by atoms with Crippen molar-refractivity contribution in [2.45, 2.75) is 6.18 Å². The van der Waals surface area contributed by atoms with Crippen molar-refractivity contribution in [3.8, 4) is 11.5 Å². The second-order valence-corrected chi connectivity index (χ2v) is 5.97. The third kappa shape index (κ3) is 4.14. The van der Waals surface area contributed by atoms with Crippen LogP contribution in [-0.2, 0) is 6.18 Å². The highest BCUT2D eigenvalue weighted by Gasteiger charge is 2.30. The topological polar surface area (TPSA) is 68.0 Å². The van der Waals surface area contributed by atoms with Crippen LogP contribution < -0.4 is 5.32 Å². The van der Waals surface area contributed by atoms with Crippen LogP contribution in [0.2, 0.25) is 10.0 Å². The standard InChI is InChI=1S/C16H8Cl2F3N3O2/c17-11-5-9(6-12(18)7-11)14-23-24-15(26-14)22-13(25)8-1-3-10(4-2-8)16(19,20)21/h1-7H,(H,22,24,25). The van der Waals surface area contributed by atoms with E-state index in [9.17, 15) is 18.0 Å². The Kier molecular flexibility index (Phi) is 4.88. The van der Waals surface area contributed by atoms with Gasteiger partial charge in [0.25, 0.3) is 5.91 Å². The number of anilines is 1. The lowest BCUT2D eigenvalue weighted by molar-refractivity contribution is -0.137. The highest BCUT2D eigenvalue weighted by molar-refractivity contribution is 6.35. The quantitative estimate of drug-likeness (QED) is 0.645. The molecule has 10 heteroatoms. The Morgan fingerprint density at radius 3 is 2.19 bits per heavy atom. The average molecular weight is 402 g/mol. The van der Waals surface area contributed by atoms with Gasteiger partial charge in [-0.1, -0.05) is 28.3 Å². The highest BCUT2D eigenvalue weighted by Crippen LogP contribution is 2.29. The molecule has 1 amide bonds. The van der Waals surface area contributed by atoms with E-state index < -0.39 is 17.6 Å². The van der Waals surface area contributed by atoms with Gasteiger partial charge in [-0.15, -0.1) is 5.10 Å². The van der Waals surface area contributed by atoms with Crippen molar-refractivity contribution in [1.29, 1.82) is 0 Å². The molecule has 5 nitrogen and oxygen atoms in total. The molecule has 1 N–H and O–H groups in total. The van der Waals surface area contributed by atoms with Gasteiger partial charge >= 0.3 is 12.2 Å². The molecular weight excluding hydrogens is 394 g/mol. The smallest absolute Gasteiger partial charge is 0.403 e. The number of amides is 1. The van der Waals surface area contributed by atoms with Crippen molar-refractivity contribution in [2.24, 2.45) is 0 Å². The Bertz CT molecular complexity index is 936. The van der Waals surface area contributed by atoms with Crippen LogP contribution in [0.25, 0.3) is 11.5 Å². The van der Waals surface area contributed by atoms with Gasteiger partial charge in [-0.3, -0.25) is 10.1 Å². The van der Waals surface area contributed by atoms with Gasteiger partial charge in [0, 0.05) is 21.2 Å². The lowest BCUT2D eigenvalue weighted by Gasteiger charge is -2.07. The number of benzene rings is 2. The fraction of sp³-hybridized carbons (Fsp3) is 0.0625. The maximum Gasteiger partial charge on any atom is 0.416 e. The Labute approximate surface area is 154 Å². The van der Waals surface area contributed by atoms with Gasteiger partial charge in [0.05, 0.1) is 5.56 Å². The summed E-state index contributed by atoms with van der Waals surface area (Å²) in [5.41, 5.74) is -0.402. The number of aromatic nitrogens is 2. The summed E-state index contributed by atoms with van der Waals surface area (Å²) in [6, 6.07) is 8.10. The monoisotopic (exact) mass is 401 g/mol. The van der Waals surface area contributed by atoms with Crippen LogP contribution in [0.4, 0.5) is 19.2 Å². The van der Waals surface area contributed by atoms with E-state index in [1.54, 1.807) is 12.1 Å². The Morgan fingerprint density at radius 1 is 1.00 bits per heavy atom. The normalized spacial score (nSPS) is 11.4. The van der Waals surface area contributed by atoms with Gasteiger partial charge in [-0.25, -0.2) is 0 Å². The van der Waals surface area contributed by atoms with Crippen LogP contribution in [-0.4, -0.2) is 16.1 Å². The molecule has 0 radical (unpaired) electrons. The first-order valence-electron chi connectivity index (χ1n) is 7.01. The zero-order valence-corrected chi connectivity index (χ0v) is 14.2. The second-order valence-electron chi connectivity index (χ2n) is 5.10. The summed E-state index contributed by atoms with van der Waals surface area (Å²) in [6.45, 7) is 0. The first-order valence-corrected chi connectivity index (χ1v) is 7.76. The number of carbonyl (C=O) groups excluding carboxylic acids is 1. The third-order valence-electron chi connectivity index (χ3n) is 3.23. The Hall–Kier alpha value is -2.58. The van der Waals surface area contributed by atoms with E-state index in [1.165, 1.54) is 6.07 Å². The van der Waals surface area contributed by atoms with E-state index in [-0.39, 0.29) is 17.5 Å². The van der Waals surface area contributed by atoms with Gasteiger partial charge in [-0.2, -0.15) is 13.2 Å². The summed E-state index contributed by atoms with van der Waals surface area (Å²) in [5, 5.41) is 10.5. The van der Waals surface area contributed by atoms with Crippen molar-refractivity contribution < 1.29 is 22.4 Å². The molecule has 0 spiro atoms. The zero-order valence-electron chi connectivity index (χ0n) is 12.6. The number of halogens is 5.